The van der Waals surface area contributed by atoms with Crippen LogP contribution in [-0.4, -0.2) is 36.1 Å². The SMILES string of the molecule is Cc1cc(N2CCCC2)ccc1/C=C1/NC(=S)N(C)C1=O. The van der Waals surface area contributed by atoms with Crippen LogP contribution in [-0.2, 0) is 4.79 Å². The zero-order chi connectivity index (χ0) is 15.0. The van der Waals surface area contributed by atoms with Crippen LogP contribution in [0, 0.1) is 6.92 Å². The predicted molar refractivity (Wildman–Crippen MR) is 89.1 cm³/mol. The van der Waals surface area contributed by atoms with Gasteiger partial charge in [-0.2, -0.15) is 0 Å². The zero-order valence-electron chi connectivity index (χ0n) is 12.3. The molecule has 2 aliphatic heterocycles. The lowest BCUT2D eigenvalue weighted by Crippen LogP contribution is -2.25. The summed E-state index contributed by atoms with van der Waals surface area (Å²) in [6, 6.07) is 6.40. The van der Waals surface area contributed by atoms with Crippen LogP contribution in [0.3, 0.4) is 0 Å². The van der Waals surface area contributed by atoms with Crippen molar-refractivity contribution in [1.82, 2.24) is 10.2 Å². The van der Waals surface area contributed by atoms with Crippen molar-refractivity contribution in [3.63, 3.8) is 0 Å². The topological polar surface area (TPSA) is 35.6 Å². The van der Waals surface area contributed by atoms with Crippen LogP contribution in [0.25, 0.3) is 6.08 Å². The maximum atomic E-state index is 12.0. The zero-order valence-corrected chi connectivity index (χ0v) is 13.2. The maximum absolute atomic E-state index is 12.0. The molecule has 110 valence electrons. The van der Waals surface area contributed by atoms with Gasteiger partial charge in [0, 0.05) is 25.8 Å². The highest BCUT2D eigenvalue weighted by Gasteiger charge is 2.27. The van der Waals surface area contributed by atoms with Crippen LogP contribution in [0.15, 0.2) is 23.9 Å². The number of hydrogen-bond donors (Lipinski definition) is 1. The Morgan fingerprint density at radius 1 is 1.29 bits per heavy atom. The van der Waals surface area contributed by atoms with Crippen molar-refractivity contribution in [2.75, 3.05) is 25.0 Å². The molecule has 2 aliphatic rings. The molecular formula is C16H19N3OS. The minimum absolute atomic E-state index is 0.0805. The molecule has 1 N–H and O–H groups in total. The van der Waals surface area contributed by atoms with E-state index in [-0.39, 0.29) is 5.91 Å². The number of anilines is 1. The summed E-state index contributed by atoms with van der Waals surface area (Å²) in [5.41, 5.74) is 4.03. The fourth-order valence-electron chi connectivity index (χ4n) is 2.77. The van der Waals surface area contributed by atoms with E-state index in [1.165, 1.54) is 29.0 Å². The standard InChI is InChI=1S/C16H19N3OS/c1-11-9-13(19-7-3-4-8-19)6-5-12(11)10-14-15(20)18(2)16(21)17-14/h5-6,9-10H,3-4,7-8H2,1-2H3,(H,17,21)/b14-10+. The molecule has 1 aromatic rings. The Kier molecular flexibility index (Phi) is 3.68. The number of amides is 1. The molecule has 0 aromatic heterocycles. The van der Waals surface area contributed by atoms with Gasteiger partial charge in [0.2, 0.25) is 0 Å². The highest BCUT2D eigenvalue weighted by Crippen LogP contribution is 2.24. The Bertz CT molecular complexity index is 632. The summed E-state index contributed by atoms with van der Waals surface area (Å²) in [6.07, 6.45) is 4.42. The van der Waals surface area contributed by atoms with Crippen molar-refractivity contribution >= 4 is 35.0 Å². The number of nitrogens with zero attached hydrogens (tertiary/aromatic N) is 2. The summed E-state index contributed by atoms with van der Waals surface area (Å²) >= 11 is 5.08. The summed E-state index contributed by atoms with van der Waals surface area (Å²) in [4.78, 5) is 15.9. The van der Waals surface area contributed by atoms with Crippen LogP contribution >= 0.6 is 12.2 Å². The van der Waals surface area contributed by atoms with Crippen LogP contribution in [0.2, 0.25) is 0 Å². The van der Waals surface area contributed by atoms with E-state index in [2.05, 4.69) is 35.3 Å². The van der Waals surface area contributed by atoms with Gasteiger partial charge in [0.15, 0.2) is 5.11 Å². The lowest BCUT2D eigenvalue weighted by molar-refractivity contribution is -0.121. The fourth-order valence-corrected chi connectivity index (χ4v) is 2.97. The first-order valence-corrected chi connectivity index (χ1v) is 7.63. The number of rotatable bonds is 2. The van der Waals surface area contributed by atoms with Crippen molar-refractivity contribution in [3.05, 3.63) is 35.0 Å². The van der Waals surface area contributed by atoms with Crippen molar-refractivity contribution in [2.45, 2.75) is 19.8 Å². The van der Waals surface area contributed by atoms with E-state index < -0.39 is 0 Å². The lowest BCUT2D eigenvalue weighted by atomic mass is 10.1. The first-order chi connectivity index (χ1) is 10.1. The van der Waals surface area contributed by atoms with Crippen LogP contribution in [0.1, 0.15) is 24.0 Å². The second-order valence-corrected chi connectivity index (χ2v) is 5.97. The Hall–Kier alpha value is -1.88. The highest BCUT2D eigenvalue weighted by molar-refractivity contribution is 7.80. The summed E-state index contributed by atoms with van der Waals surface area (Å²) in [5, 5.41) is 3.41. The summed E-state index contributed by atoms with van der Waals surface area (Å²) in [7, 11) is 1.68. The highest BCUT2D eigenvalue weighted by atomic mass is 32.1. The number of benzene rings is 1. The molecule has 1 aromatic carbocycles. The molecule has 0 unspecified atom stereocenters. The summed E-state index contributed by atoms with van der Waals surface area (Å²) in [5.74, 6) is -0.0805. The molecule has 5 heteroatoms. The number of carbonyl (C=O) groups is 1. The van der Waals surface area contributed by atoms with Gasteiger partial charge in [-0.15, -0.1) is 0 Å². The number of likely N-dealkylation sites (N-methyl/N-ethyl adjacent to an activating group) is 1. The van der Waals surface area contributed by atoms with Gasteiger partial charge in [-0.05, 0) is 61.3 Å². The largest absolute Gasteiger partial charge is 0.372 e. The minimum atomic E-state index is -0.0805. The monoisotopic (exact) mass is 301 g/mol. The minimum Gasteiger partial charge on any atom is -0.372 e. The molecule has 0 aliphatic carbocycles. The van der Waals surface area contributed by atoms with Gasteiger partial charge in [-0.25, -0.2) is 0 Å². The number of thiocarbonyl (C=S) groups is 1. The average Bonchev–Trinajstić information content (AvgIpc) is 3.07. The van der Waals surface area contributed by atoms with Gasteiger partial charge in [0.25, 0.3) is 5.91 Å². The molecule has 2 fully saturated rings. The first-order valence-electron chi connectivity index (χ1n) is 7.22. The Morgan fingerprint density at radius 2 is 2.00 bits per heavy atom. The molecule has 21 heavy (non-hydrogen) atoms. The van der Waals surface area contributed by atoms with Crippen LogP contribution in [0.5, 0.6) is 0 Å². The molecule has 3 rings (SSSR count). The molecule has 2 heterocycles. The second kappa shape index (κ2) is 5.48. The van der Waals surface area contributed by atoms with Gasteiger partial charge in [-0.3, -0.25) is 9.69 Å². The van der Waals surface area contributed by atoms with Crippen molar-refractivity contribution < 1.29 is 4.79 Å². The van der Waals surface area contributed by atoms with Crippen LogP contribution < -0.4 is 10.2 Å². The van der Waals surface area contributed by atoms with Gasteiger partial charge >= 0.3 is 0 Å². The molecule has 0 saturated carbocycles. The van der Waals surface area contributed by atoms with Crippen LogP contribution in [0.4, 0.5) is 5.69 Å². The fraction of sp³-hybridized carbons (Fsp3) is 0.375. The van der Waals surface area contributed by atoms with E-state index in [1.54, 1.807) is 7.05 Å². The normalized spacial score (nSPS) is 20.6. The van der Waals surface area contributed by atoms with Gasteiger partial charge in [-0.1, -0.05) is 6.07 Å². The first kappa shape index (κ1) is 14.1. The van der Waals surface area contributed by atoms with Crippen molar-refractivity contribution in [1.29, 1.82) is 0 Å². The number of hydrogen-bond acceptors (Lipinski definition) is 3. The quantitative estimate of drug-likeness (QED) is 0.671. The number of nitrogens with one attached hydrogen (secondary N) is 1. The third kappa shape index (κ3) is 2.65. The summed E-state index contributed by atoms with van der Waals surface area (Å²) in [6.45, 7) is 4.35. The third-order valence-electron chi connectivity index (χ3n) is 4.11. The van der Waals surface area contributed by atoms with E-state index >= 15 is 0 Å². The van der Waals surface area contributed by atoms with E-state index in [9.17, 15) is 4.79 Å². The predicted octanol–water partition coefficient (Wildman–Crippen LogP) is 2.28. The Labute approximate surface area is 130 Å². The average molecular weight is 301 g/mol. The second-order valence-electron chi connectivity index (χ2n) is 5.59. The van der Waals surface area contributed by atoms with Gasteiger partial charge in [0.05, 0.1) is 0 Å². The van der Waals surface area contributed by atoms with Gasteiger partial charge in [0.1, 0.15) is 5.70 Å². The van der Waals surface area contributed by atoms with Crippen molar-refractivity contribution in [2.24, 2.45) is 0 Å². The molecule has 0 bridgehead atoms. The number of carbonyl (C=O) groups excluding carboxylic acids is 1. The molecule has 0 radical (unpaired) electrons. The molecule has 0 atom stereocenters. The number of aryl methyl sites for hydroxylation is 1. The molecular weight excluding hydrogens is 282 g/mol. The maximum Gasteiger partial charge on any atom is 0.276 e. The summed E-state index contributed by atoms with van der Waals surface area (Å²) < 4.78 is 0. The Morgan fingerprint density at radius 3 is 2.57 bits per heavy atom. The van der Waals surface area contributed by atoms with E-state index in [0.717, 1.165) is 18.7 Å². The Balaban J connectivity index is 1.86. The lowest BCUT2D eigenvalue weighted by Gasteiger charge is -2.18. The molecule has 4 nitrogen and oxygen atoms in total. The smallest absolute Gasteiger partial charge is 0.276 e. The molecule has 1 amide bonds. The van der Waals surface area contributed by atoms with E-state index in [1.807, 2.05) is 6.08 Å². The molecule has 2 saturated heterocycles. The van der Waals surface area contributed by atoms with E-state index in [4.69, 9.17) is 12.2 Å². The third-order valence-corrected chi connectivity index (χ3v) is 4.48. The van der Waals surface area contributed by atoms with E-state index in [0.29, 0.717) is 10.8 Å². The van der Waals surface area contributed by atoms with Crippen molar-refractivity contribution in [3.8, 4) is 0 Å². The molecule has 0 spiro atoms. The van der Waals surface area contributed by atoms with Gasteiger partial charge < -0.3 is 10.2 Å².